The largest absolute Gasteiger partial charge is 0.359 e. The SMILES string of the molecule is CNC(=N)N(C)c1cc(Br)ccc1Br. The molecule has 1 rings (SSSR count). The summed E-state index contributed by atoms with van der Waals surface area (Å²) in [5, 5.41) is 10.4. The molecule has 0 radical (unpaired) electrons. The summed E-state index contributed by atoms with van der Waals surface area (Å²) in [6.07, 6.45) is 0. The zero-order valence-corrected chi connectivity index (χ0v) is 11.1. The highest BCUT2D eigenvalue weighted by atomic mass is 79.9. The molecule has 0 spiro atoms. The first-order valence-corrected chi connectivity index (χ1v) is 5.60. The highest BCUT2D eigenvalue weighted by Gasteiger charge is 2.09. The zero-order chi connectivity index (χ0) is 10.7. The Hall–Kier alpha value is -0.550. The van der Waals surface area contributed by atoms with Gasteiger partial charge in [0.1, 0.15) is 0 Å². The van der Waals surface area contributed by atoms with Crippen LogP contribution in [0.25, 0.3) is 0 Å². The minimum absolute atomic E-state index is 0.351. The Kier molecular flexibility index (Phi) is 3.95. The summed E-state index contributed by atoms with van der Waals surface area (Å²) in [4.78, 5) is 1.76. The summed E-state index contributed by atoms with van der Waals surface area (Å²) in [7, 11) is 3.57. The second-order valence-electron chi connectivity index (χ2n) is 2.75. The van der Waals surface area contributed by atoms with Crippen LogP contribution in [0.15, 0.2) is 27.1 Å². The molecule has 0 atom stereocenters. The van der Waals surface area contributed by atoms with E-state index in [1.807, 2.05) is 25.2 Å². The van der Waals surface area contributed by atoms with Crippen molar-refractivity contribution in [2.45, 2.75) is 0 Å². The minimum Gasteiger partial charge on any atom is -0.359 e. The van der Waals surface area contributed by atoms with E-state index < -0.39 is 0 Å². The van der Waals surface area contributed by atoms with Gasteiger partial charge in [0.2, 0.25) is 0 Å². The van der Waals surface area contributed by atoms with Crippen molar-refractivity contribution >= 4 is 43.5 Å². The zero-order valence-electron chi connectivity index (χ0n) is 7.94. The monoisotopic (exact) mass is 319 g/mol. The standard InChI is InChI=1S/C9H11Br2N3/c1-13-9(12)14(2)8-5-6(10)3-4-7(8)11/h3-5H,1-2H3,(H2,12,13). The Morgan fingerprint density at radius 2 is 2.07 bits per heavy atom. The smallest absolute Gasteiger partial charge is 0.195 e. The molecule has 0 unspecified atom stereocenters. The third-order valence-corrected chi connectivity index (χ3v) is 3.01. The van der Waals surface area contributed by atoms with Crippen molar-refractivity contribution in [3.63, 3.8) is 0 Å². The van der Waals surface area contributed by atoms with Crippen LogP contribution >= 0.6 is 31.9 Å². The molecule has 0 heterocycles. The molecule has 0 bridgehead atoms. The number of nitrogens with zero attached hydrogens (tertiary/aromatic N) is 1. The lowest BCUT2D eigenvalue weighted by molar-refractivity contribution is 1.05. The Balaban J connectivity index is 3.05. The van der Waals surface area contributed by atoms with Crippen LogP contribution in [0.3, 0.4) is 0 Å². The maximum atomic E-state index is 7.63. The molecule has 0 saturated heterocycles. The highest BCUT2D eigenvalue weighted by molar-refractivity contribution is 9.11. The minimum atomic E-state index is 0.351. The van der Waals surface area contributed by atoms with E-state index in [-0.39, 0.29) is 0 Å². The van der Waals surface area contributed by atoms with Crippen LogP contribution < -0.4 is 10.2 Å². The third-order valence-electron chi connectivity index (χ3n) is 1.84. The summed E-state index contributed by atoms with van der Waals surface area (Å²) in [5.41, 5.74) is 0.943. The number of nitrogens with one attached hydrogen (secondary N) is 2. The van der Waals surface area contributed by atoms with Crippen LogP contribution in [0.5, 0.6) is 0 Å². The van der Waals surface area contributed by atoms with E-state index in [1.54, 1.807) is 11.9 Å². The van der Waals surface area contributed by atoms with Gasteiger partial charge in [-0.3, -0.25) is 5.41 Å². The summed E-state index contributed by atoms with van der Waals surface area (Å²) in [6, 6.07) is 5.85. The average Bonchev–Trinajstić information content (AvgIpc) is 2.19. The van der Waals surface area contributed by atoms with Crippen LogP contribution in [0.2, 0.25) is 0 Å². The van der Waals surface area contributed by atoms with Gasteiger partial charge in [-0.05, 0) is 34.1 Å². The fourth-order valence-electron chi connectivity index (χ4n) is 1.03. The van der Waals surface area contributed by atoms with Crippen LogP contribution in [0.4, 0.5) is 5.69 Å². The molecule has 1 aromatic carbocycles. The summed E-state index contributed by atoms with van der Waals surface area (Å²) in [5.74, 6) is 0.351. The number of anilines is 1. The molecule has 2 N–H and O–H groups in total. The van der Waals surface area contributed by atoms with E-state index in [2.05, 4.69) is 37.2 Å². The molecular weight excluding hydrogens is 310 g/mol. The van der Waals surface area contributed by atoms with Gasteiger partial charge in [-0.25, -0.2) is 0 Å². The first-order valence-electron chi connectivity index (χ1n) is 4.01. The van der Waals surface area contributed by atoms with E-state index in [0.717, 1.165) is 14.6 Å². The summed E-state index contributed by atoms with van der Waals surface area (Å²) in [6.45, 7) is 0. The number of benzene rings is 1. The van der Waals surface area contributed by atoms with Crippen molar-refractivity contribution < 1.29 is 0 Å². The number of halogens is 2. The fourth-order valence-corrected chi connectivity index (χ4v) is 1.89. The van der Waals surface area contributed by atoms with Crippen molar-refractivity contribution in [2.24, 2.45) is 0 Å². The Bertz CT molecular complexity index is 352. The van der Waals surface area contributed by atoms with Gasteiger partial charge in [-0.1, -0.05) is 15.9 Å². The molecule has 0 aliphatic rings. The van der Waals surface area contributed by atoms with Crippen LogP contribution in [-0.2, 0) is 0 Å². The number of hydrogen-bond donors (Lipinski definition) is 2. The summed E-state index contributed by atoms with van der Waals surface area (Å²) < 4.78 is 1.95. The second-order valence-corrected chi connectivity index (χ2v) is 4.52. The lowest BCUT2D eigenvalue weighted by Crippen LogP contribution is -2.35. The lowest BCUT2D eigenvalue weighted by Gasteiger charge is -2.20. The van der Waals surface area contributed by atoms with Crippen molar-refractivity contribution in [3.05, 3.63) is 27.1 Å². The van der Waals surface area contributed by atoms with Crippen LogP contribution in [0, 0.1) is 5.41 Å². The Morgan fingerprint density at radius 3 is 2.64 bits per heavy atom. The van der Waals surface area contributed by atoms with E-state index >= 15 is 0 Å². The van der Waals surface area contributed by atoms with Gasteiger partial charge in [0.15, 0.2) is 5.96 Å². The first kappa shape index (κ1) is 11.5. The molecule has 14 heavy (non-hydrogen) atoms. The van der Waals surface area contributed by atoms with Gasteiger partial charge < -0.3 is 10.2 Å². The van der Waals surface area contributed by atoms with E-state index in [4.69, 9.17) is 5.41 Å². The lowest BCUT2D eigenvalue weighted by atomic mass is 10.3. The molecule has 0 aromatic heterocycles. The molecule has 0 saturated carbocycles. The van der Waals surface area contributed by atoms with Crippen LogP contribution in [-0.4, -0.2) is 20.1 Å². The van der Waals surface area contributed by atoms with E-state index in [9.17, 15) is 0 Å². The van der Waals surface area contributed by atoms with Gasteiger partial charge in [0.25, 0.3) is 0 Å². The highest BCUT2D eigenvalue weighted by Crippen LogP contribution is 2.28. The molecule has 0 aliphatic carbocycles. The molecule has 76 valence electrons. The van der Waals surface area contributed by atoms with E-state index in [1.165, 1.54) is 0 Å². The predicted molar refractivity (Wildman–Crippen MR) is 67.0 cm³/mol. The number of rotatable bonds is 1. The first-order chi connectivity index (χ1) is 6.56. The third kappa shape index (κ3) is 2.48. The quantitative estimate of drug-likeness (QED) is 0.617. The molecule has 0 aliphatic heterocycles. The number of hydrogen-bond acceptors (Lipinski definition) is 1. The van der Waals surface area contributed by atoms with Crippen molar-refractivity contribution in [1.29, 1.82) is 5.41 Å². The van der Waals surface area contributed by atoms with Gasteiger partial charge in [0, 0.05) is 23.0 Å². The average molecular weight is 321 g/mol. The molecule has 0 fully saturated rings. The molecular formula is C9H11Br2N3. The molecule has 0 amide bonds. The second kappa shape index (κ2) is 4.79. The van der Waals surface area contributed by atoms with Crippen LogP contribution in [0.1, 0.15) is 0 Å². The normalized spacial score (nSPS) is 9.71. The topological polar surface area (TPSA) is 39.1 Å². The Labute approximate surface area is 100 Å². The predicted octanol–water partition coefficient (Wildman–Crippen LogP) is 2.80. The molecule has 5 heteroatoms. The van der Waals surface area contributed by atoms with Crippen molar-refractivity contribution in [2.75, 3.05) is 19.0 Å². The summed E-state index contributed by atoms with van der Waals surface area (Å²) >= 11 is 6.84. The van der Waals surface area contributed by atoms with Gasteiger partial charge in [-0.15, -0.1) is 0 Å². The number of guanidine groups is 1. The van der Waals surface area contributed by atoms with Gasteiger partial charge >= 0.3 is 0 Å². The maximum absolute atomic E-state index is 7.63. The Morgan fingerprint density at radius 1 is 1.43 bits per heavy atom. The fraction of sp³-hybridized carbons (Fsp3) is 0.222. The van der Waals surface area contributed by atoms with Crippen molar-refractivity contribution in [1.82, 2.24) is 5.32 Å². The van der Waals surface area contributed by atoms with E-state index in [0.29, 0.717) is 5.96 Å². The van der Waals surface area contributed by atoms with Gasteiger partial charge in [0.05, 0.1) is 5.69 Å². The maximum Gasteiger partial charge on any atom is 0.195 e. The van der Waals surface area contributed by atoms with Gasteiger partial charge in [-0.2, -0.15) is 0 Å². The molecule has 1 aromatic rings. The van der Waals surface area contributed by atoms with Crippen molar-refractivity contribution in [3.8, 4) is 0 Å². The molecule has 3 nitrogen and oxygen atoms in total.